The van der Waals surface area contributed by atoms with Crippen LogP contribution in [-0.2, 0) is 14.8 Å². The minimum Gasteiger partial charge on any atom is -0.383 e. The second-order valence-corrected chi connectivity index (χ2v) is 8.08. The predicted octanol–water partition coefficient (Wildman–Crippen LogP) is 2.01. The molecule has 3 rings (SSSR count). The molecule has 138 valence electrons. The number of halogens is 1. The van der Waals surface area contributed by atoms with Crippen LogP contribution in [0.3, 0.4) is 0 Å². The molecule has 1 fully saturated rings. The number of fused-ring (bicyclic) bond motifs is 1. The monoisotopic (exact) mass is 385 g/mol. The molecule has 1 aliphatic heterocycles. The zero-order valence-electron chi connectivity index (χ0n) is 14.4. The molecule has 1 aromatic heterocycles. The first kappa shape index (κ1) is 20.1. The molecule has 8 heteroatoms. The molecule has 2 heterocycles. The molecule has 1 atom stereocenters. The van der Waals surface area contributed by atoms with Crippen LogP contribution in [0.1, 0.15) is 18.4 Å². The van der Waals surface area contributed by atoms with E-state index in [4.69, 9.17) is 4.74 Å². The number of hydrogen-bond acceptors (Lipinski definition) is 5. The van der Waals surface area contributed by atoms with Gasteiger partial charge >= 0.3 is 0 Å². The molecule has 25 heavy (non-hydrogen) atoms. The lowest BCUT2D eigenvalue weighted by atomic mass is 9.99. The average molecular weight is 386 g/mol. The van der Waals surface area contributed by atoms with Gasteiger partial charge in [-0.15, -0.1) is 12.4 Å². The van der Waals surface area contributed by atoms with E-state index in [0.29, 0.717) is 24.1 Å². The average Bonchev–Trinajstić information content (AvgIpc) is 3.03. The van der Waals surface area contributed by atoms with Crippen molar-refractivity contribution in [3.8, 4) is 0 Å². The molecule has 0 amide bonds. The zero-order valence-corrected chi connectivity index (χ0v) is 16.0. The van der Waals surface area contributed by atoms with E-state index in [-0.39, 0.29) is 22.8 Å². The number of pyridine rings is 1. The van der Waals surface area contributed by atoms with E-state index in [0.717, 1.165) is 24.9 Å². The summed E-state index contributed by atoms with van der Waals surface area (Å²) in [7, 11) is -2.00. The van der Waals surface area contributed by atoms with Crippen molar-refractivity contribution in [2.75, 3.05) is 26.8 Å². The molecular formula is C17H24ClN3O3S. The second kappa shape index (κ2) is 7.97. The van der Waals surface area contributed by atoms with Crippen LogP contribution in [0, 0.1) is 6.92 Å². The smallest absolute Gasteiger partial charge is 0.241 e. The molecule has 1 aromatic carbocycles. The number of rotatable bonds is 6. The highest BCUT2D eigenvalue weighted by Crippen LogP contribution is 2.25. The Kier molecular flexibility index (Phi) is 6.40. The second-order valence-electron chi connectivity index (χ2n) is 6.35. The number of nitrogens with one attached hydrogen (secondary N) is 2. The quantitative estimate of drug-likeness (QED) is 0.795. The summed E-state index contributed by atoms with van der Waals surface area (Å²) in [5.74, 6) is 0. The van der Waals surface area contributed by atoms with Gasteiger partial charge in [-0.25, -0.2) is 13.1 Å². The van der Waals surface area contributed by atoms with Gasteiger partial charge in [-0.3, -0.25) is 4.98 Å². The number of ether oxygens (including phenoxy) is 1. The van der Waals surface area contributed by atoms with Gasteiger partial charge in [0, 0.05) is 25.2 Å². The fraction of sp³-hybridized carbons (Fsp3) is 0.471. The summed E-state index contributed by atoms with van der Waals surface area (Å²) in [6.45, 7) is 3.59. The Hall–Kier alpha value is -1.25. The molecular weight excluding hydrogens is 362 g/mol. The highest BCUT2D eigenvalue weighted by atomic mass is 35.5. The lowest BCUT2D eigenvalue weighted by Gasteiger charge is -2.29. The van der Waals surface area contributed by atoms with Crippen molar-refractivity contribution in [2.24, 2.45) is 0 Å². The first-order valence-electron chi connectivity index (χ1n) is 8.05. The molecule has 0 spiro atoms. The van der Waals surface area contributed by atoms with E-state index in [1.165, 1.54) is 0 Å². The van der Waals surface area contributed by atoms with E-state index in [1.807, 2.05) is 6.92 Å². The SMILES string of the molecule is COCC1(CNS(=O)(=O)c2ccc(C)c3ncccc23)CCCN1.Cl. The number of nitrogens with zero attached hydrogens (tertiary/aromatic N) is 1. The van der Waals surface area contributed by atoms with E-state index in [9.17, 15) is 8.42 Å². The number of methoxy groups -OCH3 is 1. The maximum absolute atomic E-state index is 12.9. The van der Waals surface area contributed by atoms with E-state index < -0.39 is 10.0 Å². The van der Waals surface area contributed by atoms with Gasteiger partial charge in [-0.1, -0.05) is 6.07 Å². The number of aryl methyl sites for hydroxylation is 1. The van der Waals surface area contributed by atoms with Gasteiger partial charge in [0.25, 0.3) is 0 Å². The predicted molar refractivity (Wildman–Crippen MR) is 101 cm³/mol. The minimum absolute atomic E-state index is 0. The summed E-state index contributed by atoms with van der Waals surface area (Å²) >= 11 is 0. The zero-order chi connectivity index (χ0) is 17.2. The summed E-state index contributed by atoms with van der Waals surface area (Å²) in [5.41, 5.74) is 1.34. The minimum atomic E-state index is -3.63. The fourth-order valence-corrected chi connectivity index (χ4v) is 4.63. The Morgan fingerprint density at radius 1 is 1.36 bits per heavy atom. The van der Waals surface area contributed by atoms with Gasteiger partial charge < -0.3 is 10.1 Å². The molecule has 1 saturated heterocycles. The van der Waals surface area contributed by atoms with Gasteiger partial charge in [0.05, 0.1) is 22.6 Å². The van der Waals surface area contributed by atoms with Crippen molar-refractivity contribution in [1.82, 2.24) is 15.0 Å². The Balaban J connectivity index is 0.00000225. The van der Waals surface area contributed by atoms with E-state index >= 15 is 0 Å². The van der Waals surface area contributed by atoms with Crippen LogP contribution < -0.4 is 10.0 Å². The summed E-state index contributed by atoms with van der Waals surface area (Å²) < 4.78 is 33.7. The molecule has 2 N–H and O–H groups in total. The summed E-state index contributed by atoms with van der Waals surface area (Å²) in [5, 5.41) is 4.02. The van der Waals surface area contributed by atoms with Gasteiger partial charge in [0.1, 0.15) is 0 Å². The van der Waals surface area contributed by atoms with Crippen LogP contribution in [0.25, 0.3) is 10.9 Å². The molecule has 0 saturated carbocycles. The van der Waals surface area contributed by atoms with Crippen molar-refractivity contribution >= 4 is 33.3 Å². The maximum Gasteiger partial charge on any atom is 0.241 e. The first-order chi connectivity index (χ1) is 11.5. The highest BCUT2D eigenvalue weighted by molar-refractivity contribution is 7.89. The van der Waals surface area contributed by atoms with Crippen LogP contribution in [0.15, 0.2) is 35.4 Å². The van der Waals surface area contributed by atoms with Crippen LogP contribution in [0.4, 0.5) is 0 Å². The van der Waals surface area contributed by atoms with Gasteiger partial charge in [-0.05, 0) is 50.1 Å². The lowest BCUT2D eigenvalue weighted by Crippen LogP contribution is -2.52. The third-order valence-electron chi connectivity index (χ3n) is 4.57. The van der Waals surface area contributed by atoms with Crippen molar-refractivity contribution < 1.29 is 13.2 Å². The third kappa shape index (κ3) is 4.12. The standard InChI is InChI=1S/C17H23N3O3S.ClH/c1-13-6-7-15(14-5-3-9-18-16(13)14)24(21,22)20-11-17(12-23-2)8-4-10-19-17;/h3,5-7,9,19-20H,4,8,10-12H2,1-2H3;1H. The number of aromatic nitrogens is 1. The summed E-state index contributed by atoms with van der Waals surface area (Å²) in [6, 6.07) is 6.99. The first-order valence-corrected chi connectivity index (χ1v) is 9.54. The topological polar surface area (TPSA) is 80.3 Å². The van der Waals surface area contributed by atoms with Gasteiger partial charge in [0.15, 0.2) is 0 Å². The Bertz CT molecular complexity index is 836. The number of sulfonamides is 1. The van der Waals surface area contributed by atoms with Gasteiger partial charge in [-0.2, -0.15) is 0 Å². The fourth-order valence-electron chi connectivity index (χ4n) is 3.30. The van der Waals surface area contributed by atoms with Crippen molar-refractivity contribution in [3.05, 3.63) is 36.0 Å². The molecule has 6 nitrogen and oxygen atoms in total. The molecule has 0 bridgehead atoms. The van der Waals surface area contributed by atoms with Crippen LogP contribution in [-0.4, -0.2) is 45.7 Å². The molecule has 0 aliphatic carbocycles. The normalized spacial score (nSPS) is 20.6. The Morgan fingerprint density at radius 3 is 2.84 bits per heavy atom. The lowest BCUT2D eigenvalue weighted by molar-refractivity contribution is 0.122. The largest absolute Gasteiger partial charge is 0.383 e. The summed E-state index contributed by atoms with van der Waals surface area (Å²) in [6.07, 6.45) is 3.58. The van der Waals surface area contributed by atoms with Crippen LogP contribution in [0.5, 0.6) is 0 Å². The van der Waals surface area contributed by atoms with E-state index in [2.05, 4.69) is 15.0 Å². The van der Waals surface area contributed by atoms with Crippen molar-refractivity contribution in [2.45, 2.75) is 30.2 Å². The van der Waals surface area contributed by atoms with Crippen LogP contribution in [0.2, 0.25) is 0 Å². The van der Waals surface area contributed by atoms with Crippen molar-refractivity contribution in [3.63, 3.8) is 0 Å². The van der Waals surface area contributed by atoms with Gasteiger partial charge in [0.2, 0.25) is 10.0 Å². The number of hydrogen-bond donors (Lipinski definition) is 2. The van der Waals surface area contributed by atoms with Crippen LogP contribution >= 0.6 is 12.4 Å². The van der Waals surface area contributed by atoms with E-state index in [1.54, 1.807) is 37.6 Å². The van der Waals surface area contributed by atoms with Crippen molar-refractivity contribution in [1.29, 1.82) is 0 Å². The molecule has 1 aliphatic rings. The Morgan fingerprint density at radius 2 is 2.16 bits per heavy atom. The Labute approximate surface area is 154 Å². The maximum atomic E-state index is 12.9. The third-order valence-corrected chi connectivity index (χ3v) is 6.03. The summed E-state index contributed by atoms with van der Waals surface area (Å²) in [4.78, 5) is 4.58. The number of benzene rings is 1. The molecule has 0 radical (unpaired) electrons. The molecule has 1 unspecified atom stereocenters. The highest BCUT2D eigenvalue weighted by Gasteiger charge is 2.35. The molecule has 2 aromatic rings.